The highest BCUT2D eigenvalue weighted by molar-refractivity contribution is 5.52. The van der Waals surface area contributed by atoms with E-state index in [1.165, 1.54) is 0 Å². The van der Waals surface area contributed by atoms with Gasteiger partial charge in [-0.1, -0.05) is 37.3 Å². The van der Waals surface area contributed by atoms with Gasteiger partial charge in [-0.3, -0.25) is 4.99 Å². The largest absolute Gasteiger partial charge is 0.262 e. The Labute approximate surface area is 116 Å². The summed E-state index contributed by atoms with van der Waals surface area (Å²) < 4.78 is 14.2. The van der Waals surface area contributed by atoms with Crippen LogP contribution >= 0.6 is 0 Å². The van der Waals surface area contributed by atoms with E-state index in [0.29, 0.717) is 5.57 Å². The van der Waals surface area contributed by atoms with Crippen LogP contribution in [0.4, 0.5) is 4.39 Å². The summed E-state index contributed by atoms with van der Waals surface area (Å²) in [6.07, 6.45) is 6.89. The predicted octanol–water partition coefficient (Wildman–Crippen LogP) is 5.69. The van der Waals surface area contributed by atoms with Gasteiger partial charge in [0.25, 0.3) is 0 Å². The molecule has 0 amide bonds. The number of hydrogen-bond acceptors (Lipinski definition) is 1. The molecule has 0 spiro atoms. The molecule has 104 valence electrons. The molecule has 19 heavy (non-hydrogen) atoms. The summed E-state index contributed by atoms with van der Waals surface area (Å²) in [5, 5.41) is 0. The van der Waals surface area contributed by atoms with Crippen molar-refractivity contribution >= 4 is 6.72 Å². The second-order valence-corrected chi connectivity index (χ2v) is 4.36. The Balaban J connectivity index is 5.97. The molecule has 0 bridgehead atoms. The van der Waals surface area contributed by atoms with E-state index in [1.807, 2.05) is 45.9 Å². The first-order valence-electron chi connectivity index (χ1n) is 6.44. The van der Waals surface area contributed by atoms with Crippen LogP contribution in [0.2, 0.25) is 0 Å². The van der Waals surface area contributed by atoms with Crippen molar-refractivity contribution in [3.63, 3.8) is 0 Å². The van der Waals surface area contributed by atoms with Crippen LogP contribution in [0.1, 0.15) is 41.0 Å². The zero-order valence-electron chi connectivity index (χ0n) is 12.7. The van der Waals surface area contributed by atoms with Gasteiger partial charge in [-0.2, -0.15) is 0 Å². The molecule has 0 N–H and O–H groups in total. The lowest BCUT2D eigenvalue weighted by atomic mass is 9.95. The predicted molar refractivity (Wildman–Crippen MR) is 84.1 cm³/mol. The van der Waals surface area contributed by atoms with E-state index in [1.54, 1.807) is 6.92 Å². The van der Waals surface area contributed by atoms with Gasteiger partial charge >= 0.3 is 0 Å². The molecule has 0 aliphatic rings. The molecular formula is C17H24FN. The molecule has 2 heteroatoms. The van der Waals surface area contributed by atoms with Gasteiger partial charge in [-0.15, -0.1) is 0 Å². The van der Waals surface area contributed by atoms with Crippen molar-refractivity contribution in [2.75, 3.05) is 0 Å². The van der Waals surface area contributed by atoms with E-state index in [0.717, 1.165) is 23.1 Å². The fourth-order valence-corrected chi connectivity index (χ4v) is 1.60. The average Bonchev–Trinajstić information content (AvgIpc) is 2.44. The topological polar surface area (TPSA) is 12.4 Å². The van der Waals surface area contributed by atoms with Crippen molar-refractivity contribution < 1.29 is 4.39 Å². The summed E-state index contributed by atoms with van der Waals surface area (Å²) in [7, 11) is 0. The summed E-state index contributed by atoms with van der Waals surface area (Å²) in [6, 6.07) is 0. The van der Waals surface area contributed by atoms with E-state index in [2.05, 4.69) is 18.3 Å². The van der Waals surface area contributed by atoms with E-state index in [4.69, 9.17) is 0 Å². The van der Waals surface area contributed by atoms with Gasteiger partial charge in [0.1, 0.15) is 0 Å². The summed E-state index contributed by atoms with van der Waals surface area (Å²) >= 11 is 0. The Kier molecular flexibility index (Phi) is 7.66. The van der Waals surface area contributed by atoms with Gasteiger partial charge < -0.3 is 0 Å². The van der Waals surface area contributed by atoms with Crippen LogP contribution in [-0.2, 0) is 0 Å². The highest BCUT2D eigenvalue weighted by Crippen LogP contribution is 2.27. The molecule has 0 saturated carbocycles. The van der Waals surface area contributed by atoms with Crippen molar-refractivity contribution in [2.24, 2.45) is 4.99 Å². The van der Waals surface area contributed by atoms with Crippen LogP contribution in [-0.4, -0.2) is 6.72 Å². The second-order valence-electron chi connectivity index (χ2n) is 4.36. The first kappa shape index (κ1) is 17.3. The maximum atomic E-state index is 14.2. The van der Waals surface area contributed by atoms with Gasteiger partial charge in [0.05, 0.1) is 5.70 Å². The molecule has 0 aliphatic carbocycles. The van der Waals surface area contributed by atoms with Gasteiger partial charge in [0.15, 0.2) is 5.83 Å². The van der Waals surface area contributed by atoms with E-state index in [-0.39, 0.29) is 5.70 Å². The number of halogens is 1. The molecule has 0 fully saturated rings. The molecule has 0 unspecified atom stereocenters. The highest BCUT2D eigenvalue weighted by Gasteiger charge is 2.11. The van der Waals surface area contributed by atoms with Crippen LogP contribution in [0.5, 0.6) is 0 Å². The molecule has 0 saturated heterocycles. The summed E-state index contributed by atoms with van der Waals surface area (Å²) in [6.45, 7) is 16.6. The highest BCUT2D eigenvalue weighted by atomic mass is 19.1. The maximum Gasteiger partial charge on any atom is 0.151 e. The fourth-order valence-electron chi connectivity index (χ4n) is 1.60. The van der Waals surface area contributed by atoms with Crippen molar-refractivity contribution in [1.82, 2.24) is 0 Å². The molecule has 0 aliphatic heterocycles. The minimum absolute atomic E-state index is 0.0748. The molecule has 0 heterocycles. The molecule has 0 aromatic rings. The van der Waals surface area contributed by atoms with Crippen molar-refractivity contribution in [3.05, 3.63) is 58.6 Å². The van der Waals surface area contributed by atoms with Gasteiger partial charge in [-0.25, -0.2) is 4.39 Å². The van der Waals surface area contributed by atoms with Crippen molar-refractivity contribution in [3.8, 4) is 0 Å². The third kappa shape index (κ3) is 4.82. The quantitative estimate of drug-likeness (QED) is 0.430. The van der Waals surface area contributed by atoms with E-state index in [9.17, 15) is 4.39 Å². The lowest BCUT2D eigenvalue weighted by molar-refractivity contribution is 0.640. The second kappa shape index (κ2) is 8.41. The van der Waals surface area contributed by atoms with Crippen molar-refractivity contribution in [2.45, 2.75) is 41.0 Å². The summed E-state index contributed by atoms with van der Waals surface area (Å²) in [4.78, 5) is 3.56. The minimum atomic E-state index is -0.408. The third-order valence-corrected chi connectivity index (χ3v) is 3.13. The lowest BCUT2D eigenvalue weighted by Crippen LogP contribution is -1.94. The lowest BCUT2D eigenvalue weighted by Gasteiger charge is -2.11. The monoisotopic (exact) mass is 261 g/mol. The molecule has 0 atom stereocenters. The Morgan fingerprint density at radius 3 is 2.21 bits per heavy atom. The molecule has 1 nitrogen and oxygen atoms in total. The summed E-state index contributed by atoms with van der Waals surface area (Å²) in [5.41, 5.74) is 3.67. The van der Waals surface area contributed by atoms with Crippen LogP contribution in [0.3, 0.4) is 0 Å². The smallest absolute Gasteiger partial charge is 0.151 e. The Hall–Kier alpha value is -1.70. The molecule has 0 aromatic heterocycles. The Morgan fingerprint density at radius 2 is 1.79 bits per heavy atom. The standard InChI is InChI=1S/C17H24FN/c1-8-10-11-16(13(4)12(3)9-2)14(5)17(18)15(6)19-7/h9-11H,6-8H2,1-5H3/b11-10-,12-9-,16-13-,17-14-. The van der Waals surface area contributed by atoms with E-state index < -0.39 is 5.83 Å². The zero-order chi connectivity index (χ0) is 15.0. The number of nitrogens with zero attached hydrogens (tertiary/aromatic N) is 1. The van der Waals surface area contributed by atoms with Crippen LogP contribution in [0.25, 0.3) is 0 Å². The molecular weight excluding hydrogens is 237 g/mol. The van der Waals surface area contributed by atoms with Gasteiger partial charge in [0, 0.05) is 0 Å². The van der Waals surface area contributed by atoms with Crippen LogP contribution < -0.4 is 0 Å². The van der Waals surface area contributed by atoms with Gasteiger partial charge in [-0.05, 0) is 57.6 Å². The first-order valence-corrected chi connectivity index (χ1v) is 6.44. The molecule has 0 radical (unpaired) electrons. The number of hydrogen-bond donors (Lipinski definition) is 0. The number of rotatable bonds is 6. The average molecular weight is 261 g/mol. The third-order valence-electron chi connectivity index (χ3n) is 3.13. The number of allylic oxidation sites excluding steroid dienone is 8. The maximum absolute atomic E-state index is 14.2. The fraction of sp³-hybridized carbons (Fsp3) is 0.353. The first-order chi connectivity index (χ1) is 8.90. The van der Waals surface area contributed by atoms with Crippen molar-refractivity contribution in [1.29, 1.82) is 0 Å². The van der Waals surface area contributed by atoms with Gasteiger partial charge in [0.2, 0.25) is 0 Å². The number of aliphatic imine (C=N–C) groups is 1. The zero-order valence-corrected chi connectivity index (χ0v) is 12.7. The summed E-state index contributed by atoms with van der Waals surface area (Å²) in [5.74, 6) is -0.408. The Bertz CT molecular complexity index is 473. The Morgan fingerprint density at radius 1 is 1.21 bits per heavy atom. The van der Waals surface area contributed by atoms with Crippen LogP contribution in [0.15, 0.2) is 63.6 Å². The molecule has 0 aromatic carbocycles. The normalized spacial score (nSPS) is 15.2. The van der Waals surface area contributed by atoms with E-state index >= 15 is 0 Å². The molecule has 0 rings (SSSR count). The van der Waals surface area contributed by atoms with Crippen LogP contribution in [0, 0.1) is 0 Å². The minimum Gasteiger partial charge on any atom is -0.262 e. The SMILES string of the molecule is C=NC(=C)/C(F)=C(C)/C(/C=C\CC)=C(C)\C(C)=C/C.